The predicted molar refractivity (Wildman–Crippen MR) is 177 cm³/mol. The molecule has 3 aromatic carbocycles. The van der Waals surface area contributed by atoms with E-state index < -0.39 is 18.6 Å². The Hall–Kier alpha value is -6.37. The van der Waals surface area contributed by atoms with Gasteiger partial charge < -0.3 is 25.8 Å². The van der Waals surface area contributed by atoms with Gasteiger partial charge in [0.2, 0.25) is 0 Å². The predicted octanol–water partition coefficient (Wildman–Crippen LogP) is 6.14. The van der Waals surface area contributed by atoms with Crippen LogP contribution in [0.3, 0.4) is 0 Å². The largest absolute Gasteiger partial charge is 0.355 e. The van der Waals surface area contributed by atoms with Crippen LogP contribution in [0.25, 0.3) is 16.7 Å². The Morgan fingerprint density at radius 3 is 2.47 bits per heavy atom. The minimum Gasteiger partial charge on any atom is -0.355 e. The van der Waals surface area contributed by atoms with E-state index in [1.165, 1.54) is 17.0 Å². The molecule has 6 aromatic rings. The number of hydrogen-bond acceptors (Lipinski definition) is 7. The second-order valence-corrected chi connectivity index (χ2v) is 10.8. The van der Waals surface area contributed by atoms with Crippen LogP contribution >= 0.6 is 0 Å². The van der Waals surface area contributed by atoms with E-state index in [-0.39, 0.29) is 11.5 Å². The van der Waals surface area contributed by atoms with Gasteiger partial charge in [0.1, 0.15) is 18.8 Å². The number of nitrogens with zero attached hydrogens (tertiary/aromatic N) is 5. The van der Waals surface area contributed by atoms with Gasteiger partial charge in [0.25, 0.3) is 11.8 Å². The average molecular weight is 632 g/mol. The van der Waals surface area contributed by atoms with Crippen LogP contribution in [0.4, 0.5) is 32.1 Å². The highest BCUT2D eigenvalue weighted by Crippen LogP contribution is 2.26. The van der Waals surface area contributed by atoms with Gasteiger partial charge in [0, 0.05) is 53.3 Å². The van der Waals surface area contributed by atoms with Crippen LogP contribution in [-0.4, -0.2) is 49.0 Å². The molecule has 12 nitrogen and oxygen atoms in total. The van der Waals surface area contributed by atoms with Crippen LogP contribution < -0.4 is 21.3 Å². The molecule has 0 aliphatic rings. The molecule has 0 fully saturated rings. The summed E-state index contributed by atoms with van der Waals surface area (Å²) < 4.78 is 16.8. The van der Waals surface area contributed by atoms with Crippen LogP contribution in [0.1, 0.15) is 37.5 Å². The maximum atomic E-state index is 13.7. The molecule has 3 heterocycles. The Kier molecular flexibility index (Phi) is 8.43. The number of halogens is 1. The zero-order valence-electron chi connectivity index (χ0n) is 25.7. The lowest BCUT2D eigenvalue weighted by Crippen LogP contribution is -2.20. The van der Waals surface area contributed by atoms with E-state index in [0.717, 1.165) is 11.3 Å². The number of hydrogen-bond donors (Lipinski definition) is 4. The number of benzene rings is 3. The highest BCUT2D eigenvalue weighted by Gasteiger charge is 2.17. The number of nitrogens with one attached hydrogen (secondary N) is 4. The molecule has 0 aliphatic heterocycles. The maximum absolute atomic E-state index is 13.7. The number of rotatable bonds is 8. The molecule has 0 spiro atoms. The highest BCUT2D eigenvalue weighted by molar-refractivity contribution is 6.06. The molecule has 4 N–H and O–H groups in total. The molecule has 236 valence electrons. The number of anilines is 4. The zero-order chi connectivity index (χ0) is 33.1. The van der Waals surface area contributed by atoms with Crippen LogP contribution in [0, 0.1) is 13.8 Å². The molecule has 13 heteroatoms. The van der Waals surface area contributed by atoms with Gasteiger partial charge in [-0.25, -0.2) is 24.1 Å². The molecule has 3 amide bonds. The Labute approximate surface area is 268 Å². The molecule has 6 rings (SSSR count). The molecule has 3 aromatic heterocycles. The second-order valence-electron chi connectivity index (χ2n) is 10.8. The normalized spacial score (nSPS) is 10.9. The van der Waals surface area contributed by atoms with Crippen molar-refractivity contribution in [1.82, 2.24) is 29.4 Å². The Balaban J connectivity index is 1.21. The van der Waals surface area contributed by atoms with Gasteiger partial charge in [0.15, 0.2) is 5.65 Å². The van der Waals surface area contributed by atoms with Crippen molar-refractivity contribution in [1.29, 1.82) is 0 Å². The summed E-state index contributed by atoms with van der Waals surface area (Å²) in [6.07, 6.45) is 6.32. The second kappa shape index (κ2) is 12.9. The number of carbonyl (C=O) groups excluding carboxylic acids is 3. The highest BCUT2D eigenvalue weighted by atomic mass is 19.1. The molecule has 47 heavy (non-hydrogen) atoms. The fraction of sp³-hybridized carbons (Fsp3) is 0.118. The van der Waals surface area contributed by atoms with Gasteiger partial charge in [-0.1, -0.05) is 12.1 Å². The first-order valence-corrected chi connectivity index (χ1v) is 14.6. The van der Waals surface area contributed by atoms with Crippen molar-refractivity contribution in [2.75, 3.05) is 23.0 Å². The number of alkyl halides is 1. The van der Waals surface area contributed by atoms with Gasteiger partial charge in [-0.2, -0.15) is 0 Å². The zero-order valence-corrected chi connectivity index (χ0v) is 25.7. The fourth-order valence-corrected chi connectivity index (χ4v) is 5.04. The molecule has 0 saturated carbocycles. The van der Waals surface area contributed by atoms with Crippen LogP contribution in [0.2, 0.25) is 0 Å². The smallest absolute Gasteiger partial charge is 0.331 e. The van der Waals surface area contributed by atoms with Gasteiger partial charge >= 0.3 is 6.03 Å². The maximum Gasteiger partial charge on any atom is 0.331 e. The summed E-state index contributed by atoms with van der Waals surface area (Å²) in [5, 5.41) is 12.1. The van der Waals surface area contributed by atoms with Gasteiger partial charge in [0.05, 0.1) is 17.4 Å². The van der Waals surface area contributed by atoms with Crippen molar-refractivity contribution in [3.8, 4) is 5.69 Å². The summed E-state index contributed by atoms with van der Waals surface area (Å²) >= 11 is 0. The van der Waals surface area contributed by atoms with E-state index in [9.17, 15) is 18.8 Å². The molecule has 0 bridgehead atoms. The van der Waals surface area contributed by atoms with Gasteiger partial charge in [-0.05, 0) is 79.6 Å². The summed E-state index contributed by atoms with van der Waals surface area (Å²) in [7, 11) is 1.56. The molecule has 0 radical (unpaired) electrons. The average Bonchev–Trinajstić information content (AvgIpc) is 3.73. The summed E-state index contributed by atoms with van der Waals surface area (Å²) in [5.41, 5.74) is 5.19. The quantitative estimate of drug-likeness (QED) is 0.158. The lowest BCUT2D eigenvalue weighted by molar-refractivity contribution is 0.0962. The van der Waals surface area contributed by atoms with Crippen LogP contribution in [0.15, 0.2) is 91.8 Å². The van der Waals surface area contributed by atoms with Crippen molar-refractivity contribution in [2.45, 2.75) is 20.5 Å². The molecule has 0 unspecified atom stereocenters. The third-order valence-electron chi connectivity index (χ3n) is 7.46. The first-order chi connectivity index (χ1) is 22.7. The standard InChI is InChI=1S/C34H30FN9O3/c1-20-7-8-26(41-33(46)24-11-22(16-35)12-27(14-24)43-17-21(2)39-19-43)15-29(20)42-34(47)44-10-9-28-30(37-18-38-31(28)44)40-25-6-4-5-23(13-25)32(45)36-3/h4-15,17-19H,16H2,1-3H3,(H,36,45)(H,41,46)(H,42,47)(H,37,38,40). The number of aromatic nitrogens is 5. The summed E-state index contributed by atoms with van der Waals surface area (Å²) in [6, 6.07) is 18.2. The van der Waals surface area contributed by atoms with E-state index in [1.54, 1.807) is 91.0 Å². The molecule has 0 aliphatic carbocycles. The first-order valence-electron chi connectivity index (χ1n) is 14.6. The Bertz CT molecular complexity index is 2150. The topological polar surface area (TPSA) is 148 Å². The summed E-state index contributed by atoms with van der Waals surface area (Å²) in [4.78, 5) is 51.6. The van der Waals surface area contributed by atoms with Crippen molar-refractivity contribution in [3.63, 3.8) is 0 Å². The van der Waals surface area contributed by atoms with Crippen LogP contribution in [0.5, 0.6) is 0 Å². The Morgan fingerprint density at radius 2 is 1.70 bits per heavy atom. The lowest BCUT2D eigenvalue weighted by atomic mass is 10.1. The monoisotopic (exact) mass is 631 g/mol. The fourth-order valence-electron chi connectivity index (χ4n) is 5.04. The summed E-state index contributed by atoms with van der Waals surface area (Å²) in [5.74, 6) is -0.197. The van der Waals surface area contributed by atoms with E-state index in [2.05, 4.69) is 36.2 Å². The van der Waals surface area contributed by atoms with Crippen molar-refractivity contribution in [3.05, 3.63) is 120 Å². The number of imidazole rings is 1. The van der Waals surface area contributed by atoms with Gasteiger partial charge in [-0.3, -0.25) is 14.2 Å². The van der Waals surface area contributed by atoms with E-state index in [1.807, 2.05) is 13.8 Å². The minimum atomic E-state index is -0.732. The van der Waals surface area contributed by atoms with E-state index in [4.69, 9.17) is 0 Å². The van der Waals surface area contributed by atoms with Crippen molar-refractivity contribution >= 4 is 51.8 Å². The van der Waals surface area contributed by atoms with E-state index >= 15 is 0 Å². The van der Waals surface area contributed by atoms with Crippen LogP contribution in [-0.2, 0) is 6.67 Å². The number of fused-ring (bicyclic) bond motifs is 1. The molecule has 0 saturated heterocycles. The van der Waals surface area contributed by atoms with E-state index in [0.29, 0.717) is 50.7 Å². The number of amides is 3. The summed E-state index contributed by atoms with van der Waals surface area (Å²) in [6.45, 7) is 2.94. The van der Waals surface area contributed by atoms with Crippen molar-refractivity contribution in [2.24, 2.45) is 0 Å². The van der Waals surface area contributed by atoms with Crippen molar-refractivity contribution < 1.29 is 18.8 Å². The molecular formula is C34H30FN9O3. The van der Waals surface area contributed by atoms with Gasteiger partial charge in [-0.15, -0.1) is 0 Å². The first kappa shape index (κ1) is 30.6. The third-order valence-corrected chi connectivity index (χ3v) is 7.46. The third kappa shape index (κ3) is 6.54. The minimum absolute atomic E-state index is 0.218. The molecule has 0 atom stereocenters. The SMILES string of the molecule is CNC(=O)c1cccc(Nc2ncnc3c2ccn3C(=O)Nc2cc(NC(=O)c3cc(CF)cc(-n4cnc(C)c4)c3)ccc2C)c1. The Morgan fingerprint density at radius 1 is 0.851 bits per heavy atom. The number of carbonyl (C=O) groups is 3. The number of aryl methyl sites for hydroxylation is 2. The molecular weight excluding hydrogens is 601 g/mol. The lowest BCUT2D eigenvalue weighted by Gasteiger charge is -2.13.